The zero-order valence-corrected chi connectivity index (χ0v) is 11.9. The highest BCUT2D eigenvalue weighted by Crippen LogP contribution is 2.15. The van der Waals surface area contributed by atoms with Crippen molar-refractivity contribution in [2.24, 2.45) is 0 Å². The molecule has 0 saturated heterocycles. The van der Waals surface area contributed by atoms with Crippen molar-refractivity contribution in [3.8, 4) is 0 Å². The molecule has 0 atom stereocenters. The zero-order valence-electron chi connectivity index (χ0n) is 9.77. The molecule has 1 aromatic heterocycles. The van der Waals surface area contributed by atoms with Crippen LogP contribution in [0, 0.1) is 3.77 Å². The van der Waals surface area contributed by atoms with E-state index in [0.29, 0.717) is 12.1 Å². The molecule has 1 aromatic carbocycles. The van der Waals surface area contributed by atoms with Crippen LogP contribution >= 0.6 is 22.6 Å². The van der Waals surface area contributed by atoms with E-state index < -0.39 is 0 Å². The molecule has 94 valence electrons. The van der Waals surface area contributed by atoms with Crippen LogP contribution in [0.3, 0.4) is 0 Å². The van der Waals surface area contributed by atoms with Gasteiger partial charge < -0.3 is 14.5 Å². The van der Waals surface area contributed by atoms with Crippen LogP contribution in [-0.2, 0) is 11.3 Å². The van der Waals surface area contributed by atoms with Crippen molar-refractivity contribution < 1.29 is 13.9 Å². The van der Waals surface area contributed by atoms with Gasteiger partial charge in [-0.2, -0.15) is 0 Å². The van der Waals surface area contributed by atoms with Gasteiger partial charge >= 0.3 is 5.97 Å². The van der Waals surface area contributed by atoms with Gasteiger partial charge in [0.05, 0.1) is 19.2 Å². The van der Waals surface area contributed by atoms with Gasteiger partial charge in [0, 0.05) is 5.69 Å². The molecule has 0 aliphatic heterocycles. The Labute approximate surface area is 118 Å². The van der Waals surface area contributed by atoms with Crippen molar-refractivity contribution in [3.63, 3.8) is 0 Å². The van der Waals surface area contributed by atoms with Crippen LogP contribution in [0.5, 0.6) is 0 Å². The number of carbonyl (C=O) groups is 1. The van der Waals surface area contributed by atoms with Crippen LogP contribution in [0.1, 0.15) is 16.1 Å². The first-order chi connectivity index (χ1) is 8.69. The number of ether oxygens (including phenoxy) is 1. The van der Waals surface area contributed by atoms with Crippen molar-refractivity contribution >= 4 is 34.2 Å². The minimum atomic E-state index is -0.341. The fraction of sp³-hybridized carbons (Fsp3) is 0.154. The fourth-order valence-corrected chi connectivity index (χ4v) is 1.97. The number of benzene rings is 1. The van der Waals surface area contributed by atoms with Gasteiger partial charge in [-0.05, 0) is 52.9 Å². The summed E-state index contributed by atoms with van der Waals surface area (Å²) in [6.07, 6.45) is 0. The van der Waals surface area contributed by atoms with E-state index in [4.69, 9.17) is 4.42 Å². The molecule has 1 heterocycles. The largest absolute Gasteiger partial charge is 0.465 e. The normalized spacial score (nSPS) is 10.1. The Morgan fingerprint density at radius 3 is 2.89 bits per heavy atom. The van der Waals surface area contributed by atoms with Gasteiger partial charge in [-0.1, -0.05) is 6.07 Å². The minimum Gasteiger partial charge on any atom is -0.465 e. The summed E-state index contributed by atoms with van der Waals surface area (Å²) >= 11 is 2.12. The van der Waals surface area contributed by atoms with Gasteiger partial charge in [-0.25, -0.2) is 4.79 Å². The molecular formula is C13H12INO3. The second-order valence-electron chi connectivity index (χ2n) is 3.63. The maximum atomic E-state index is 11.4. The molecule has 0 fully saturated rings. The lowest BCUT2D eigenvalue weighted by Crippen LogP contribution is -2.03. The summed E-state index contributed by atoms with van der Waals surface area (Å²) in [5.74, 6) is 0.508. The molecule has 0 unspecified atom stereocenters. The maximum absolute atomic E-state index is 11.4. The fourth-order valence-electron chi connectivity index (χ4n) is 1.51. The van der Waals surface area contributed by atoms with E-state index in [1.54, 1.807) is 18.2 Å². The number of rotatable bonds is 4. The first-order valence-corrected chi connectivity index (χ1v) is 6.43. The number of nitrogens with one attached hydrogen (secondary N) is 1. The lowest BCUT2D eigenvalue weighted by molar-refractivity contribution is 0.0601. The van der Waals surface area contributed by atoms with Gasteiger partial charge in [-0.3, -0.25) is 0 Å². The number of methoxy groups -OCH3 is 1. The second kappa shape index (κ2) is 5.90. The van der Waals surface area contributed by atoms with Crippen LogP contribution in [-0.4, -0.2) is 13.1 Å². The predicted octanol–water partition coefficient (Wildman–Crippen LogP) is 3.28. The van der Waals surface area contributed by atoms with Crippen molar-refractivity contribution in [2.45, 2.75) is 6.54 Å². The van der Waals surface area contributed by atoms with E-state index in [1.165, 1.54) is 7.11 Å². The molecule has 5 heteroatoms. The Balaban J connectivity index is 2.03. The van der Waals surface area contributed by atoms with Crippen molar-refractivity contribution in [1.82, 2.24) is 0 Å². The van der Waals surface area contributed by atoms with E-state index in [2.05, 4.69) is 32.6 Å². The quantitative estimate of drug-likeness (QED) is 0.674. The summed E-state index contributed by atoms with van der Waals surface area (Å²) < 4.78 is 11.0. The molecule has 0 amide bonds. The lowest BCUT2D eigenvalue weighted by atomic mass is 10.2. The van der Waals surface area contributed by atoms with Crippen LogP contribution in [0.4, 0.5) is 5.69 Å². The van der Waals surface area contributed by atoms with Crippen molar-refractivity contribution in [2.75, 3.05) is 12.4 Å². The molecule has 0 radical (unpaired) electrons. The number of anilines is 1. The predicted molar refractivity (Wildman–Crippen MR) is 76.5 cm³/mol. The number of hydrogen-bond donors (Lipinski definition) is 1. The summed E-state index contributed by atoms with van der Waals surface area (Å²) in [5, 5.41) is 3.19. The Morgan fingerprint density at radius 2 is 2.22 bits per heavy atom. The summed E-state index contributed by atoms with van der Waals surface area (Å²) in [5.41, 5.74) is 1.38. The number of hydrogen-bond acceptors (Lipinski definition) is 4. The lowest BCUT2D eigenvalue weighted by Gasteiger charge is -2.06. The van der Waals surface area contributed by atoms with Crippen LogP contribution in [0.2, 0.25) is 0 Å². The Kier molecular flexibility index (Phi) is 4.24. The van der Waals surface area contributed by atoms with Gasteiger partial charge in [-0.15, -0.1) is 0 Å². The molecule has 0 aliphatic carbocycles. The molecule has 0 spiro atoms. The molecule has 2 rings (SSSR count). The van der Waals surface area contributed by atoms with Gasteiger partial charge in [0.2, 0.25) is 0 Å². The van der Waals surface area contributed by atoms with Crippen molar-refractivity contribution in [3.05, 3.63) is 51.5 Å². The first-order valence-electron chi connectivity index (χ1n) is 5.35. The standard InChI is InChI=1S/C13H12INO3/c1-17-13(16)9-3-2-4-10(7-9)15-8-11-5-6-12(14)18-11/h2-7,15H,8H2,1H3. The highest BCUT2D eigenvalue weighted by Gasteiger charge is 2.05. The third-order valence-electron chi connectivity index (χ3n) is 2.38. The van der Waals surface area contributed by atoms with E-state index in [0.717, 1.165) is 15.2 Å². The molecule has 0 saturated carbocycles. The smallest absolute Gasteiger partial charge is 0.337 e. The zero-order chi connectivity index (χ0) is 13.0. The number of esters is 1. The molecule has 0 aliphatic rings. The summed E-state index contributed by atoms with van der Waals surface area (Å²) in [4.78, 5) is 11.4. The number of halogens is 1. The molecule has 18 heavy (non-hydrogen) atoms. The van der Waals surface area contributed by atoms with Gasteiger partial charge in [0.15, 0.2) is 3.77 Å². The average Bonchev–Trinajstić information content (AvgIpc) is 2.81. The summed E-state index contributed by atoms with van der Waals surface area (Å²) in [6, 6.07) is 11.0. The molecule has 2 aromatic rings. The van der Waals surface area contributed by atoms with Crippen LogP contribution < -0.4 is 5.32 Å². The Hall–Kier alpha value is -1.50. The van der Waals surface area contributed by atoms with Crippen LogP contribution in [0.25, 0.3) is 0 Å². The molecular weight excluding hydrogens is 345 g/mol. The molecule has 1 N–H and O–H groups in total. The topological polar surface area (TPSA) is 51.5 Å². The molecule has 0 bridgehead atoms. The Bertz CT molecular complexity index is 551. The third-order valence-corrected chi connectivity index (χ3v) is 2.96. The minimum absolute atomic E-state index is 0.341. The van der Waals surface area contributed by atoms with E-state index in [9.17, 15) is 4.79 Å². The maximum Gasteiger partial charge on any atom is 0.337 e. The SMILES string of the molecule is COC(=O)c1cccc(NCc2ccc(I)o2)c1. The first kappa shape index (κ1) is 12.9. The van der Waals surface area contributed by atoms with Crippen molar-refractivity contribution in [1.29, 1.82) is 0 Å². The average molecular weight is 357 g/mol. The Morgan fingerprint density at radius 1 is 1.39 bits per heavy atom. The van der Waals surface area contributed by atoms with E-state index in [1.807, 2.05) is 18.2 Å². The highest BCUT2D eigenvalue weighted by molar-refractivity contribution is 14.1. The summed E-state index contributed by atoms with van der Waals surface area (Å²) in [6.45, 7) is 0.577. The second-order valence-corrected chi connectivity index (χ2v) is 4.69. The summed E-state index contributed by atoms with van der Waals surface area (Å²) in [7, 11) is 1.37. The number of furan rings is 1. The highest BCUT2D eigenvalue weighted by atomic mass is 127. The van der Waals surface area contributed by atoms with Crippen LogP contribution in [0.15, 0.2) is 40.8 Å². The third kappa shape index (κ3) is 3.25. The van der Waals surface area contributed by atoms with Gasteiger partial charge in [0.1, 0.15) is 5.76 Å². The van der Waals surface area contributed by atoms with Gasteiger partial charge in [0.25, 0.3) is 0 Å². The number of carbonyl (C=O) groups excluding carboxylic acids is 1. The van der Waals surface area contributed by atoms with E-state index in [-0.39, 0.29) is 5.97 Å². The monoisotopic (exact) mass is 357 g/mol. The van der Waals surface area contributed by atoms with E-state index >= 15 is 0 Å². The molecule has 4 nitrogen and oxygen atoms in total.